The molecule has 0 radical (unpaired) electrons. The number of benzene rings is 1. The number of likely N-dealkylation sites (tertiary alicyclic amines) is 1. The minimum absolute atomic E-state index is 0.0175. The van der Waals surface area contributed by atoms with Gasteiger partial charge in [0, 0.05) is 19.5 Å². The molecule has 1 aliphatic heterocycles. The number of hydrogen-bond acceptors (Lipinski definition) is 4. The average Bonchev–Trinajstić information content (AvgIpc) is 2.93. The lowest BCUT2D eigenvalue weighted by atomic mass is 9.95. The van der Waals surface area contributed by atoms with Gasteiger partial charge in [-0.2, -0.15) is 0 Å². The Bertz CT molecular complexity index is 666. The van der Waals surface area contributed by atoms with Gasteiger partial charge in [-0.1, -0.05) is 36.9 Å². The molecule has 2 amide bonds. The molecule has 1 aromatic rings. The number of nitrogens with zero attached hydrogens (tertiary/aromatic N) is 1. The highest BCUT2D eigenvalue weighted by Crippen LogP contribution is 2.31. The third-order valence-corrected chi connectivity index (χ3v) is 4.29. The average molecular weight is 360 g/mol. The van der Waals surface area contributed by atoms with Gasteiger partial charge >= 0.3 is 6.09 Å². The van der Waals surface area contributed by atoms with E-state index in [2.05, 4.69) is 11.9 Å². The molecule has 1 heterocycles. The van der Waals surface area contributed by atoms with Crippen LogP contribution in [0, 0.1) is 0 Å². The maximum absolute atomic E-state index is 12.2. The summed E-state index contributed by atoms with van der Waals surface area (Å²) >= 11 is 0. The molecule has 1 fully saturated rings. The molecule has 6 nitrogen and oxygen atoms in total. The predicted molar refractivity (Wildman–Crippen MR) is 100 cm³/mol. The molecule has 0 aliphatic carbocycles. The van der Waals surface area contributed by atoms with Crippen molar-refractivity contribution in [3.05, 3.63) is 42.0 Å². The van der Waals surface area contributed by atoms with Gasteiger partial charge in [0.05, 0.1) is 12.1 Å². The van der Waals surface area contributed by atoms with E-state index in [0.717, 1.165) is 11.1 Å². The third-order valence-electron chi connectivity index (χ3n) is 4.29. The molecule has 2 atom stereocenters. The highest BCUT2D eigenvalue weighted by Gasteiger charge is 2.36. The van der Waals surface area contributed by atoms with Crippen LogP contribution in [-0.2, 0) is 9.53 Å². The van der Waals surface area contributed by atoms with Crippen molar-refractivity contribution in [2.24, 2.45) is 0 Å². The van der Waals surface area contributed by atoms with Crippen molar-refractivity contribution in [1.82, 2.24) is 10.2 Å². The second kappa shape index (κ2) is 8.36. The molecule has 2 rings (SSSR count). The van der Waals surface area contributed by atoms with Gasteiger partial charge in [-0.05, 0) is 38.3 Å². The van der Waals surface area contributed by atoms with Crippen LogP contribution in [0.25, 0.3) is 6.08 Å². The molecule has 26 heavy (non-hydrogen) atoms. The highest BCUT2D eigenvalue weighted by molar-refractivity contribution is 5.79. The molecule has 1 aliphatic rings. The van der Waals surface area contributed by atoms with Gasteiger partial charge < -0.3 is 20.1 Å². The summed E-state index contributed by atoms with van der Waals surface area (Å²) < 4.78 is 5.19. The monoisotopic (exact) mass is 360 g/mol. The minimum atomic E-state index is -0.794. The molecular weight excluding hydrogens is 332 g/mol. The van der Waals surface area contributed by atoms with E-state index in [1.165, 1.54) is 0 Å². The first-order chi connectivity index (χ1) is 12.2. The SMILES string of the molecule is C=Cc1ccccc1C(O)[C@@H]1CCC(=O)N1CCNC(=O)OC(C)(C)C. The molecule has 2 N–H and O–H groups in total. The lowest BCUT2D eigenvalue weighted by molar-refractivity contribution is -0.130. The van der Waals surface area contributed by atoms with Gasteiger partial charge in [-0.25, -0.2) is 4.79 Å². The largest absolute Gasteiger partial charge is 0.444 e. The third kappa shape index (κ3) is 5.08. The van der Waals surface area contributed by atoms with Gasteiger partial charge in [0.15, 0.2) is 0 Å². The summed E-state index contributed by atoms with van der Waals surface area (Å²) in [7, 11) is 0. The first-order valence-electron chi connectivity index (χ1n) is 8.88. The lowest BCUT2D eigenvalue weighted by Crippen LogP contribution is -2.43. The van der Waals surface area contributed by atoms with Crippen molar-refractivity contribution in [3.8, 4) is 0 Å². The van der Waals surface area contributed by atoms with Gasteiger partial charge in [0.2, 0.25) is 5.91 Å². The van der Waals surface area contributed by atoms with Crippen LogP contribution in [0.2, 0.25) is 0 Å². The number of ether oxygens (including phenoxy) is 1. The Labute approximate surface area is 154 Å². The fourth-order valence-electron chi connectivity index (χ4n) is 3.14. The molecular formula is C20H28N2O4. The molecule has 1 saturated heterocycles. The van der Waals surface area contributed by atoms with Crippen molar-refractivity contribution < 1.29 is 19.4 Å². The van der Waals surface area contributed by atoms with Crippen LogP contribution < -0.4 is 5.32 Å². The molecule has 0 bridgehead atoms. The highest BCUT2D eigenvalue weighted by atomic mass is 16.6. The summed E-state index contributed by atoms with van der Waals surface area (Å²) in [6.45, 7) is 9.75. The number of rotatable bonds is 6. The van der Waals surface area contributed by atoms with Crippen LogP contribution in [0.15, 0.2) is 30.8 Å². The van der Waals surface area contributed by atoms with Crippen LogP contribution in [-0.4, -0.2) is 46.7 Å². The zero-order valence-corrected chi connectivity index (χ0v) is 15.7. The quantitative estimate of drug-likeness (QED) is 0.818. The van der Waals surface area contributed by atoms with Gasteiger partial charge in [-0.3, -0.25) is 4.79 Å². The fourth-order valence-corrected chi connectivity index (χ4v) is 3.14. The zero-order chi connectivity index (χ0) is 19.3. The summed E-state index contributed by atoms with van der Waals surface area (Å²) in [5.41, 5.74) is 1.04. The van der Waals surface area contributed by atoms with Crippen molar-refractivity contribution >= 4 is 18.1 Å². The van der Waals surface area contributed by atoms with Crippen molar-refractivity contribution in [2.45, 2.75) is 51.4 Å². The van der Waals surface area contributed by atoms with Gasteiger partial charge in [0.25, 0.3) is 0 Å². The van der Waals surface area contributed by atoms with Crippen LogP contribution in [0.3, 0.4) is 0 Å². The van der Waals surface area contributed by atoms with Crippen molar-refractivity contribution in [3.63, 3.8) is 0 Å². The first-order valence-corrected chi connectivity index (χ1v) is 8.88. The number of aliphatic hydroxyl groups excluding tert-OH is 1. The van der Waals surface area contributed by atoms with E-state index in [1.54, 1.807) is 31.7 Å². The van der Waals surface area contributed by atoms with E-state index >= 15 is 0 Å². The van der Waals surface area contributed by atoms with Crippen LogP contribution in [0.1, 0.15) is 50.8 Å². The van der Waals surface area contributed by atoms with Crippen LogP contribution in [0.5, 0.6) is 0 Å². The Morgan fingerprint density at radius 2 is 2.15 bits per heavy atom. The minimum Gasteiger partial charge on any atom is -0.444 e. The second-order valence-electron chi connectivity index (χ2n) is 7.40. The molecule has 6 heteroatoms. The normalized spacial score (nSPS) is 18.5. The fraction of sp³-hybridized carbons (Fsp3) is 0.500. The topological polar surface area (TPSA) is 78.9 Å². The Balaban J connectivity index is 2.00. The maximum atomic E-state index is 12.2. The summed E-state index contributed by atoms with van der Waals surface area (Å²) in [4.78, 5) is 25.6. The van der Waals surface area contributed by atoms with E-state index in [4.69, 9.17) is 4.74 Å². The Morgan fingerprint density at radius 1 is 1.46 bits per heavy atom. The standard InChI is InChI=1S/C20H28N2O4/c1-5-14-8-6-7-9-15(14)18(24)16-10-11-17(23)22(16)13-12-21-19(25)26-20(2,3)4/h5-9,16,18,24H,1,10-13H2,2-4H3,(H,21,25)/t16-,18?/m0/s1. The van der Waals surface area contributed by atoms with Gasteiger partial charge in [-0.15, -0.1) is 0 Å². The Morgan fingerprint density at radius 3 is 2.81 bits per heavy atom. The second-order valence-corrected chi connectivity index (χ2v) is 7.40. The van der Waals surface area contributed by atoms with E-state index in [1.807, 2.05) is 24.3 Å². The number of carbonyl (C=O) groups is 2. The summed E-state index contributed by atoms with van der Waals surface area (Å²) in [5.74, 6) is -0.0175. The zero-order valence-electron chi connectivity index (χ0n) is 15.7. The number of nitrogens with one attached hydrogen (secondary N) is 1. The number of carbonyl (C=O) groups excluding carboxylic acids is 2. The van der Waals surface area contributed by atoms with Crippen LogP contribution >= 0.6 is 0 Å². The van der Waals surface area contributed by atoms with Gasteiger partial charge in [0.1, 0.15) is 5.60 Å². The number of hydrogen-bond donors (Lipinski definition) is 2. The molecule has 0 saturated carbocycles. The smallest absolute Gasteiger partial charge is 0.407 e. The number of aliphatic hydroxyl groups is 1. The molecule has 0 aromatic heterocycles. The Hall–Kier alpha value is -2.34. The van der Waals surface area contributed by atoms with Crippen molar-refractivity contribution in [2.75, 3.05) is 13.1 Å². The molecule has 0 spiro atoms. The van der Waals surface area contributed by atoms with E-state index in [0.29, 0.717) is 19.4 Å². The summed E-state index contributed by atoms with van der Waals surface area (Å²) in [6, 6.07) is 7.16. The number of alkyl carbamates (subject to hydrolysis) is 1. The van der Waals surface area contributed by atoms with E-state index in [9.17, 15) is 14.7 Å². The maximum Gasteiger partial charge on any atom is 0.407 e. The first kappa shape index (κ1) is 20.0. The van der Waals surface area contributed by atoms with Crippen LogP contribution in [0.4, 0.5) is 4.79 Å². The Kier molecular flexibility index (Phi) is 6.42. The summed E-state index contributed by atoms with van der Waals surface area (Å²) in [6.07, 6.45) is 1.36. The molecule has 1 unspecified atom stereocenters. The molecule has 142 valence electrons. The van der Waals surface area contributed by atoms with E-state index in [-0.39, 0.29) is 18.5 Å². The lowest BCUT2D eigenvalue weighted by Gasteiger charge is -2.30. The number of amides is 2. The predicted octanol–water partition coefficient (Wildman–Crippen LogP) is 2.88. The van der Waals surface area contributed by atoms with Crippen molar-refractivity contribution in [1.29, 1.82) is 0 Å². The van der Waals surface area contributed by atoms with E-state index < -0.39 is 17.8 Å². The molecule has 1 aromatic carbocycles. The summed E-state index contributed by atoms with van der Waals surface area (Å²) in [5, 5.41) is 13.5.